The lowest BCUT2D eigenvalue weighted by Gasteiger charge is -2.29. The first-order valence-electron chi connectivity index (χ1n) is 8.52. The summed E-state index contributed by atoms with van der Waals surface area (Å²) in [6.45, 7) is 0. The Labute approximate surface area is 131 Å². The lowest BCUT2D eigenvalue weighted by atomic mass is 9.91. The Balaban J connectivity index is 1.57. The van der Waals surface area contributed by atoms with Crippen molar-refractivity contribution in [2.24, 2.45) is 0 Å². The van der Waals surface area contributed by atoms with E-state index in [9.17, 15) is 0 Å². The van der Waals surface area contributed by atoms with Crippen molar-refractivity contribution in [3.05, 3.63) is 30.1 Å². The van der Waals surface area contributed by atoms with Gasteiger partial charge in [-0.3, -0.25) is 0 Å². The highest BCUT2D eigenvalue weighted by Gasteiger charge is 2.24. The monoisotopic (exact) mass is 296 g/mol. The summed E-state index contributed by atoms with van der Waals surface area (Å²) in [6, 6.07) is 7.89. The van der Waals surface area contributed by atoms with Crippen LogP contribution in [0.3, 0.4) is 0 Å². The maximum absolute atomic E-state index is 4.52. The van der Waals surface area contributed by atoms with Crippen LogP contribution in [0, 0.1) is 0 Å². The summed E-state index contributed by atoms with van der Waals surface area (Å²) >= 11 is 0. The molecule has 0 saturated heterocycles. The molecular weight excluding hydrogens is 272 g/mol. The van der Waals surface area contributed by atoms with Gasteiger partial charge in [-0.2, -0.15) is 0 Å². The zero-order valence-corrected chi connectivity index (χ0v) is 13.2. The van der Waals surface area contributed by atoms with Crippen LogP contribution in [0.1, 0.15) is 50.0 Å². The smallest absolute Gasteiger partial charge is 0.137 e. The van der Waals surface area contributed by atoms with Gasteiger partial charge in [-0.05, 0) is 69.2 Å². The average Bonchev–Trinajstić information content (AvgIpc) is 3.40. The van der Waals surface area contributed by atoms with Crippen molar-refractivity contribution in [2.45, 2.75) is 56.5 Å². The average molecular weight is 296 g/mol. The minimum absolute atomic E-state index is 0.535. The van der Waals surface area contributed by atoms with Crippen LogP contribution in [0.5, 0.6) is 0 Å². The molecule has 1 aromatic carbocycles. The van der Waals surface area contributed by atoms with Gasteiger partial charge < -0.3 is 10.6 Å². The summed E-state index contributed by atoms with van der Waals surface area (Å²) in [5.74, 6) is 1.78. The second kappa shape index (κ2) is 5.84. The predicted octanol–water partition coefficient (Wildman–Crippen LogP) is 3.45. The number of nitrogens with zero attached hydrogens (tertiary/aromatic N) is 2. The molecule has 4 rings (SSSR count). The Hall–Kier alpha value is -1.68. The summed E-state index contributed by atoms with van der Waals surface area (Å²) in [5.41, 5.74) is 2.50. The van der Waals surface area contributed by atoms with Crippen LogP contribution in [-0.2, 0) is 0 Å². The van der Waals surface area contributed by atoms with E-state index < -0.39 is 0 Å². The van der Waals surface area contributed by atoms with Crippen molar-refractivity contribution < 1.29 is 0 Å². The number of aromatic nitrogens is 2. The zero-order valence-electron chi connectivity index (χ0n) is 13.2. The standard InChI is InChI=1S/C18H24N4/c1-19-14-5-7-15(8-6-14)22-18-16-10-13(12-2-3-12)4-9-17(16)20-11-21-18/h4,9-12,14-15,19H,2-3,5-8H2,1H3,(H,20,21,22). The number of fused-ring (bicyclic) bond motifs is 1. The first-order chi connectivity index (χ1) is 10.8. The Bertz CT molecular complexity index is 657. The molecule has 1 aromatic heterocycles. The Kier molecular flexibility index (Phi) is 3.70. The summed E-state index contributed by atoms with van der Waals surface area (Å²) in [7, 11) is 2.07. The van der Waals surface area contributed by atoms with Crippen LogP contribution < -0.4 is 10.6 Å². The topological polar surface area (TPSA) is 49.8 Å². The molecule has 1 heterocycles. The molecule has 0 unspecified atom stereocenters. The molecule has 2 fully saturated rings. The molecule has 2 saturated carbocycles. The fourth-order valence-corrected chi connectivity index (χ4v) is 3.58. The second-order valence-electron chi connectivity index (χ2n) is 6.75. The minimum atomic E-state index is 0.535. The van der Waals surface area contributed by atoms with E-state index in [1.807, 2.05) is 0 Å². The van der Waals surface area contributed by atoms with Gasteiger partial charge in [0, 0.05) is 17.5 Å². The molecule has 0 atom stereocenters. The van der Waals surface area contributed by atoms with Crippen molar-refractivity contribution in [3.63, 3.8) is 0 Å². The van der Waals surface area contributed by atoms with Crippen LogP contribution in [0.4, 0.5) is 5.82 Å². The normalized spacial score (nSPS) is 25.3. The SMILES string of the molecule is CNC1CCC(Nc2ncnc3ccc(C4CC4)cc23)CC1. The lowest BCUT2D eigenvalue weighted by Crippen LogP contribution is -2.35. The van der Waals surface area contributed by atoms with E-state index in [4.69, 9.17) is 0 Å². The van der Waals surface area contributed by atoms with E-state index in [2.05, 4.69) is 45.8 Å². The molecule has 0 aliphatic heterocycles. The Morgan fingerprint density at radius 1 is 0.955 bits per heavy atom. The summed E-state index contributed by atoms with van der Waals surface area (Å²) in [5, 5.41) is 8.25. The molecule has 0 amide bonds. The third-order valence-electron chi connectivity index (χ3n) is 5.18. The van der Waals surface area contributed by atoms with E-state index in [0.717, 1.165) is 17.3 Å². The molecule has 2 aromatic rings. The molecule has 0 bridgehead atoms. The number of hydrogen-bond donors (Lipinski definition) is 2. The summed E-state index contributed by atoms with van der Waals surface area (Å²) in [4.78, 5) is 8.94. The van der Waals surface area contributed by atoms with Crippen molar-refractivity contribution in [1.82, 2.24) is 15.3 Å². The van der Waals surface area contributed by atoms with E-state index in [-0.39, 0.29) is 0 Å². The van der Waals surface area contributed by atoms with Gasteiger partial charge >= 0.3 is 0 Å². The molecule has 0 radical (unpaired) electrons. The fraction of sp³-hybridized carbons (Fsp3) is 0.556. The first kappa shape index (κ1) is 13.9. The Morgan fingerprint density at radius 2 is 1.73 bits per heavy atom. The molecule has 2 N–H and O–H groups in total. The Morgan fingerprint density at radius 3 is 2.45 bits per heavy atom. The molecule has 2 aliphatic rings. The number of anilines is 1. The summed E-state index contributed by atoms with van der Waals surface area (Å²) < 4.78 is 0. The predicted molar refractivity (Wildman–Crippen MR) is 90.2 cm³/mol. The van der Waals surface area contributed by atoms with Crippen molar-refractivity contribution in [1.29, 1.82) is 0 Å². The molecular formula is C18H24N4. The second-order valence-corrected chi connectivity index (χ2v) is 6.75. The van der Waals surface area contributed by atoms with Crippen molar-refractivity contribution in [3.8, 4) is 0 Å². The van der Waals surface area contributed by atoms with E-state index in [1.165, 1.54) is 49.5 Å². The van der Waals surface area contributed by atoms with Gasteiger partial charge in [0.05, 0.1) is 5.52 Å². The summed E-state index contributed by atoms with van der Waals surface area (Å²) in [6.07, 6.45) is 9.24. The van der Waals surface area contributed by atoms with Gasteiger partial charge in [-0.1, -0.05) is 6.07 Å². The van der Waals surface area contributed by atoms with E-state index >= 15 is 0 Å². The van der Waals surface area contributed by atoms with Gasteiger partial charge in [-0.25, -0.2) is 9.97 Å². The van der Waals surface area contributed by atoms with E-state index in [1.54, 1.807) is 6.33 Å². The highest BCUT2D eigenvalue weighted by atomic mass is 15.0. The third-order valence-corrected chi connectivity index (χ3v) is 5.18. The molecule has 116 valence electrons. The molecule has 0 spiro atoms. The fourth-order valence-electron chi connectivity index (χ4n) is 3.58. The van der Waals surface area contributed by atoms with Crippen LogP contribution in [0.2, 0.25) is 0 Å². The van der Waals surface area contributed by atoms with Crippen LogP contribution >= 0.6 is 0 Å². The van der Waals surface area contributed by atoms with Crippen LogP contribution in [-0.4, -0.2) is 29.1 Å². The number of nitrogens with one attached hydrogen (secondary N) is 2. The van der Waals surface area contributed by atoms with Crippen LogP contribution in [0.15, 0.2) is 24.5 Å². The number of rotatable bonds is 4. The molecule has 4 heteroatoms. The molecule has 2 aliphatic carbocycles. The zero-order chi connectivity index (χ0) is 14.9. The van der Waals surface area contributed by atoms with Gasteiger partial charge in [0.15, 0.2) is 0 Å². The first-order valence-corrected chi connectivity index (χ1v) is 8.52. The van der Waals surface area contributed by atoms with Gasteiger partial charge in [0.1, 0.15) is 12.1 Å². The van der Waals surface area contributed by atoms with Crippen molar-refractivity contribution >= 4 is 16.7 Å². The van der Waals surface area contributed by atoms with Crippen molar-refractivity contribution in [2.75, 3.05) is 12.4 Å². The largest absolute Gasteiger partial charge is 0.367 e. The maximum atomic E-state index is 4.52. The molecule has 22 heavy (non-hydrogen) atoms. The lowest BCUT2D eigenvalue weighted by molar-refractivity contribution is 0.371. The quantitative estimate of drug-likeness (QED) is 0.907. The van der Waals surface area contributed by atoms with Gasteiger partial charge in [0.25, 0.3) is 0 Å². The van der Waals surface area contributed by atoms with Gasteiger partial charge in [0.2, 0.25) is 0 Å². The number of benzene rings is 1. The van der Waals surface area contributed by atoms with Gasteiger partial charge in [-0.15, -0.1) is 0 Å². The highest BCUT2D eigenvalue weighted by Crippen LogP contribution is 2.41. The van der Waals surface area contributed by atoms with Crippen LogP contribution in [0.25, 0.3) is 10.9 Å². The minimum Gasteiger partial charge on any atom is -0.367 e. The maximum Gasteiger partial charge on any atom is 0.137 e. The third kappa shape index (κ3) is 2.80. The highest BCUT2D eigenvalue weighted by molar-refractivity contribution is 5.89. The van der Waals surface area contributed by atoms with E-state index in [0.29, 0.717) is 12.1 Å². The molecule has 4 nitrogen and oxygen atoms in total. The number of hydrogen-bond acceptors (Lipinski definition) is 4.